The second-order valence-corrected chi connectivity index (χ2v) is 9.27. The number of nitrogens with one attached hydrogen (secondary N) is 2. The van der Waals surface area contributed by atoms with Gasteiger partial charge in [-0.1, -0.05) is 66.7 Å². The van der Waals surface area contributed by atoms with Crippen molar-refractivity contribution < 1.29 is 14.3 Å². The van der Waals surface area contributed by atoms with Crippen LogP contribution in [0.15, 0.2) is 96.4 Å². The Bertz CT molecular complexity index is 1760. The van der Waals surface area contributed by atoms with E-state index in [1.165, 1.54) is 11.3 Å². The van der Waals surface area contributed by atoms with E-state index in [4.69, 9.17) is 4.74 Å². The SMILES string of the molecule is O=C(COC(=O)c1ccc2nc(-c3ccccc3)[nH]c2c1)Nc1nc(-c2ccc3ccccc3c2)cs1. The summed E-state index contributed by atoms with van der Waals surface area (Å²) in [6.07, 6.45) is 0. The molecule has 4 aromatic carbocycles. The number of ether oxygens (including phenoxy) is 1. The minimum absolute atomic E-state index is 0.330. The number of carbonyl (C=O) groups is 2. The van der Waals surface area contributed by atoms with Crippen molar-refractivity contribution in [3.8, 4) is 22.6 Å². The number of aromatic amines is 1. The van der Waals surface area contributed by atoms with Gasteiger partial charge in [-0.05, 0) is 35.0 Å². The highest BCUT2D eigenvalue weighted by molar-refractivity contribution is 7.14. The fraction of sp³-hybridized carbons (Fsp3) is 0.0345. The molecule has 0 atom stereocenters. The second kappa shape index (κ2) is 9.67. The first kappa shape index (κ1) is 22.6. The zero-order valence-electron chi connectivity index (χ0n) is 19.5. The Morgan fingerprint density at radius 2 is 1.65 bits per heavy atom. The molecule has 1 amide bonds. The van der Waals surface area contributed by atoms with Gasteiger partial charge in [-0.15, -0.1) is 11.3 Å². The number of anilines is 1. The number of benzene rings is 4. The van der Waals surface area contributed by atoms with Gasteiger partial charge >= 0.3 is 5.97 Å². The number of amides is 1. The smallest absolute Gasteiger partial charge is 0.338 e. The molecule has 6 aromatic rings. The van der Waals surface area contributed by atoms with Crippen molar-refractivity contribution in [2.24, 2.45) is 0 Å². The molecule has 2 N–H and O–H groups in total. The van der Waals surface area contributed by atoms with Gasteiger partial charge < -0.3 is 9.72 Å². The van der Waals surface area contributed by atoms with E-state index in [2.05, 4.69) is 38.5 Å². The van der Waals surface area contributed by atoms with Gasteiger partial charge in [-0.25, -0.2) is 14.8 Å². The van der Waals surface area contributed by atoms with Crippen molar-refractivity contribution in [1.82, 2.24) is 15.0 Å². The van der Waals surface area contributed by atoms with E-state index in [0.717, 1.165) is 33.1 Å². The van der Waals surface area contributed by atoms with Crippen LogP contribution in [0.3, 0.4) is 0 Å². The predicted molar refractivity (Wildman–Crippen MR) is 145 cm³/mol. The van der Waals surface area contributed by atoms with Gasteiger partial charge in [0.15, 0.2) is 11.7 Å². The van der Waals surface area contributed by atoms with Crippen LogP contribution in [-0.2, 0) is 9.53 Å². The number of hydrogen-bond acceptors (Lipinski definition) is 6. The summed E-state index contributed by atoms with van der Waals surface area (Å²) in [5.41, 5.74) is 4.46. The Labute approximate surface area is 215 Å². The van der Waals surface area contributed by atoms with E-state index < -0.39 is 18.5 Å². The van der Waals surface area contributed by atoms with Crippen LogP contribution in [0.2, 0.25) is 0 Å². The molecule has 0 unspecified atom stereocenters. The molecule has 0 saturated heterocycles. The van der Waals surface area contributed by atoms with Crippen LogP contribution in [0.4, 0.5) is 5.13 Å². The third-order valence-electron chi connectivity index (χ3n) is 5.89. The molecule has 0 bridgehead atoms. The largest absolute Gasteiger partial charge is 0.452 e. The van der Waals surface area contributed by atoms with E-state index in [0.29, 0.717) is 22.0 Å². The minimum Gasteiger partial charge on any atom is -0.452 e. The van der Waals surface area contributed by atoms with Gasteiger partial charge in [-0.2, -0.15) is 0 Å². The molecule has 0 aliphatic carbocycles. The van der Waals surface area contributed by atoms with Crippen molar-refractivity contribution in [1.29, 1.82) is 0 Å². The summed E-state index contributed by atoms with van der Waals surface area (Å²) < 4.78 is 5.23. The molecule has 7 nitrogen and oxygen atoms in total. The molecule has 0 radical (unpaired) electrons. The predicted octanol–water partition coefficient (Wildman–Crippen LogP) is 6.30. The van der Waals surface area contributed by atoms with Crippen molar-refractivity contribution >= 4 is 50.2 Å². The molecule has 180 valence electrons. The number of esters is 1. The maximum atomic E-state index is 12.6. The van der Waals surface area contributed by atoms with Gasteiger partial charge in [0.1, 0.15) is 5.82 Å². The van der Waals surface area contributed by atoms with Crippen LogP contribution in [0, 0.1) is 0 Å². The van der Waals surface area contributed by atoms with Crippen LogP contribution in [0.5, 0.6) is 0 Å². The molecule has 2 heterocycles. The summed E-state index contributed by atoms with van der Waals surface area (Å²) in [4.78, 5) is 37.3. The lowest BCUT2D eigenvalue weighted by Crippen LogP contribution is -2.20. The first-order chi connectivity index (χ1) is 18.1. The first-order valence-electron chi connectivity index (χ1n) is 11.6. The standard InChI is InChI=1S/C29H20N4O3S/c34-26(33-29-32-25(17-37-29)21-11-10-18-6-4-5-9-20(18)14-21)16-36-28(35)22-12-13-23-24(15-22)31-27(30-23)19-7-2-1-3-8-19/h1-15,17H,16H2,(H,30,31)(H,32,33,34). The van der Waals surface area contributed by atoms with Crippen LogP contribution in [0.1, 0.15) is 10.4 Å². The molecule has 0 fully saturated rings. The maximum Gasteiger partial charge on any atom is 0.338 e. The summed E-state index contributed by atoms with van der Waals surface area (Å²) >= 11 is 1.32. The summed E-state index contributed by atoms with van der Waals surface area (Å²) in [6, 6.07) is 29.0. The fourth-order valence-electron chi connectivity index (χ4n) is 4.05. The molecule has 0 saturated carbocycles. The van der Waals surface area contributed by atoms with E-state index in [9.17, 15) is 9.59 Å². The highest BCUT2D eigenvalue weighted by Crippen LogP contribution is 2.28. The molecule has 2 aromatic heterocycles. The number of carbonyl (C=O) groups excluding carboxylic acids is 2. The van der Waals surface area contributed by atoms with E-state index in [1.54, 1.807) is 18.2 Å². The van der Waals surface area contributed by atoms with Gasteiger partial charge in [-0.3, -0.25) is 10.1 Å². The Morgan fingerprint density at radius 1 is 0.838 bits per heavy atom. The Hall–Kier alpha value is -4.82. The number of hydrogen-bond donors (Lipinski definition) is 2. The average Bonchev–Trinajstić information content (AvgIpc) is 3.59. The molecule has 8 heteroatoms. The lowest BCUT2D eigenvalue weighted by atomic mass is 10.1. The highest BCUT2D eigenvalue weighted by Gasteiger charge is 2.14. The van der Waals surface area contributed by atoms with E-state index in [-0.39, 0.29) is 0 Å². The topological polar surface area (TPSA) is 97.0 Å². The lowest BCUT2D eigenvalue weighted by molar-refractivity contribution is -0.119. The van der Waals surface area contributed by atoms with Crippen molar-refractivity contribution in [3.05, 3.63) is 102 Å². The number of fused-ring (bicyclic) bond motifs is 2. The zero-order chi connectivity index (χ0) is 25.2. The maximum absolute atomic E-state index is 12.6. The molecule has 6 rings (SSSR count). The van der Waals surface area contributed by atoms with E-state index >= 15 is 0 Å². The highest BCUT2D eigenvalue weighted by atomic mass is 32.1. The van der Waals surface area contributed by atoms with Crippen molar-refractivity contribution in [3.63, 3.8) is 0 Å². The normalized spacial score (nSPS) is 11.0. The number of H-pyrrole nitrogens is 1. The van der Waals surface area contributed by atoms with Gasteiger partial charge in [0.05, 0.1) is 22.3 Å². The third-order valence-corrected chi connectivity index (χ3v) is 6.65. The molecule has 37 heavy (non-hydrogen) atoms. The summed E-state index contributed by atoms with van der Waals surface area (Å²) in [5, 5.41) is 7.30. The first-order valence-corrected chi connectivity index (χ1v) is 12.5. The second-order valence-electron chi connectivity index (χ2n) is 8.41. The van der Waals surface area contributed by atoms with Crippen molar-refractivity contribution in [2.45, 2.75) is 0 Å². The van der Waals surface area contributed by atoms with Crippen LogP contribution < -0.4 is 5.32 Å². The van der Waals surface area contributed by atoms with Crippen LogP contribution >= 0.6 is 11.3 Å². The quantitative estimate of drug-likeness (QED) is 0.259. The third kappa shape index (κ3) is 4.82. The average molecular weight is 505 g/mol. The summed E-state index contributed by atoms with van der Waals surface area (Å²) in [5.74, 6) is -0.336. The molecular weight excluding hydrogens is 484 g/mol. The molecule has 0 aliphatic heterocycles. The monoisotopic (exact) mass is 504 g/mol. The Morgan fingerprint density at radius 3 is 2.51 bits per heavy atom. The van der Waals surface area contributed by atoms with Gasteiger partial charge in [0.2, 0.25) is 0 Å². The van der Waals surface area contributed by atoms with Crippen molar-refractivity contribution in [2.75, 3.05) is 11.9 Å². The van der Waals surface area contributed by atoms with Crippen LogP contribution in [-0.4, -0.2) is 33.4 Å². The zero-order valence-corrected chi connectivity index (χ0v) is 20.3. The number of rotatable bonds is 6. The lowest BCUT2D eigenvalue weighted by Gasteiger charge is -2.05. The number of aromatic nitrogens is 3. The Balaban J connectivity index is 1.08. The Kier molecular flexibility index (Phi) is 5.92. The number of imidazole rings is 1. The fourth-order valence-corrected chi connectivity index (χ4v) is 4.79. The summed E-state index contributed by atoms with van der Waals surface area (Å²) in [7, 11) is 0. The van der Waals surface area contributed by atoms with E-state index in [1.807, 2.05) is 60.0 Å². The molecule has 0 spiro atoms. The number of nitrogens with zero attached hydrogens (tertiary/aromatic N) is 2. The number of thiazole rings is 1. The van der Waals surface area contributed by atoms with Crippen LogP contribution in [0.25, 0.3) is 44.5 Å². The minimum atomic E-state index is -0.594. The van der Waals surface area contributed by atoms with Gasteiger partial charge in [0, 0.05) is 16.5 Å². The molecular formula is C29H20N4O3S. The summed E-state index contributed by atoms with van der Waals surface area (Å²) in [6.45, 7) is -0.417. The van der Waals surface area contributed by atoms with Gasteiger partial charge in [0.25, 0.3) is 5.91 Å². The molecule has 0 aliphatic rings.